The van der Waals surface area contributed by atoms with Crippen LogP contribution in [-0.4, -0.2) is 48.4 Å². The molecule has 0 bridgehead atoms. The van der Waals surface area contributed by atoms with E-state index in [1.54, 1.807) is 11.1 Å². The number of piperidine rings is 1. The van der Waals surface area contributed by atoms with E-state index in [4.69, 9.17) is 0 Å². The third-order valence-corrected chi connectivity index (χ3v) is 7.30. The van der Waals surface area contributed by atoms with Gasteiger partial charge in [0, 0.05) is 26.1 Å². The standard InChI is InChI=1S/C23H40N2O/c1-19-7-6-13-23(2,3)21(19)12-18-24-16-10-20(11-17-24)8-9-22(26)25-14-4-5-15-25/h20H,4-18H2,1-3H3. The van der Waals surface area contributed by atoms with Crippen molar-refractivity contribution in [3.8, 4) is 0 Å². The number of amides is 1. The zero-order chi connectivity index (χ0) is 18.6. The van der Waals surface area contributed by atoms with Crippen molar-refractivity contribution in [3.63, 3.8) is 0 Å². The van der Waals surface area contributed by atoms with Crippen molar-refractivity contribution in [1.29, 1.82) is 0 Å². The van der Waals surface area contributed by atoms with Gasteiger partial charge in [-0.3, -0.25) is 4.79 Å². The number of carbonyl (C=O) groups excluding carboxylic acids is 1. The minimum Gasteiger partial charge on any atom is -0.343 e. The molecule has 3 heteroatoms. The van der Waals surface area contributed by atoms with Crippen LogP contribution in [0, 0.1) is 11.3 Å². The van der Waals surface area contributed by atoms with Crippen molar-refractivity contribution in [2.24, 2.45) is 11.3 Å². The van der Waals surface area contributed by atoms with Gasteiger partial charge in [0.15, 0.2) is 0 Å². The van der Waals surface area contributed by atoms with E-state index in [0.717, 1.165) is 31.8 Å². The first-order valence-corrected chi connectivity index (χ1v) is 11.1. The van der Waals surface area contributed by atoms with Gasteiger partial charge in [0.25, 0.3) is 0 Å². The van der Waals surface area contributed by atoms with Gasteiger partial charge >= 0.3 is 0 Å². The Kier molecular flexibility index (Phi) is 6.82. The molecular formula is C23H40N2O. The lowest BCUT2D eigenvalue weighted by Crippen LogP contribution is -2.36. The third-order valence-electron chi connectivity index (χ3n) is 7.30. The molecule has 0 aromatic carbocycles. The summed E-state index contributed by atoms with van der Waals surface area (Å²) in [4.78, 5) is 17.0. The number of nitrogens with zero attached hydrogens (tertiary/aromatic N) is 2. The zero-order valence-corrected chi connectivity index (χ0v) is 17.5. The van der Waals surface area contributed by atoms with E-state index < -0.39 is 0 Å². The van der Waals surface area contributed by atoms with Gasteiger partial charge in [-0.2, -0.15) is 0 Å². The smallest absolute Gasteiger partial charge is 0.222 e. The summed E-state index contributed by atoms with van der Waals surface area (Å²) >= 11 is 0. The number of carbonyl (C=O) groups is 1. The molecule has 0 N–H and O–H groups in total. The molecule has 2 heterocycles. The lowest BCUT2D eigenvalue weighted by Gasteiger charge is -2.37. The van der Waals surface area contributed by atoms with E-state index in [-0.39, 0.29) is 0 Å². The molecule has 148 valence electrons. The molecule has 3 nitrogen and oxygen atoms in total. The van der Waals surface area contributed by atoms with Crippen molar-refractivity contribution in [1.82, 2.24) is 9.80 Å². The maximum absolute atomic E-state index is 12.2. The molecule has 3 aliphatic rings. The lowest BCUT2D eigenvalue weighted by molar-refractivity contribution is -0.130. The first-order chi connectivity index (χ1) is 12.5. The Bertz CT molecular complexity index is 508. The number of likely N-dealkylation sites (tertiary alicyclic amines) is 2. The van der Waals surface area contributed by atoms with Gasteiger partial charge in [-0.15, -0.1) is 0 Å². The highest BCUT2D eigenvalue weighted by atomic mass is 16.2. The van der Waals surface area contributed by atoms with Crippen LogP contribution in [-0.2, 0) is 4.79 Å². The van der Waals surface area contributed by atoms with Gasteiger partial charge in [0.1, 0.15) is 0 Å². The SMILES string of the molecule is CC1=C(CCN2CCC(CCC(=O)N3CCCC3)CC2)C(C)(C)CCC1. The summed E-state index contributed by atoms with van der Waals surface area (Å²) in [6.45, 7) is 12.9. The highest BCUT2D eigenvalue weighted by Crippen LogP contribution is 2.41. The second-order valence-electron chi connectivity index (χ2n) is 9.66. The van der Waals surface area contributed by atoms with Crippen molar-refractivity contribution in [2.75, 3.05) is 32.7 Å². The van der Waals surface area contributed by atoms with Gasteiger partial charge in [-0.1, -0.05) is 25.0 Å². The molecule has 1 amide bonds. The van der Waals surface area contributed by atoms with Crippen LogP contribution in [0.25, 0.3) is 0 Å². The molecular weight excluding hydrogens is 320 g/mol. The molecule has 0 aromatic rings. The van der Waals surface area contributed by atoms with Crippen LogP contribution in [0.4, 0.5) is 0 Å². The van der Waals surface area contributed by atoms with Gasteiger partial charge in [-0.05, 0) is 89.1 Å². The Morgan fingerprint density at radius 2 is 1.77 bits per heavy atom. The Morgan fingerprint density at radius 3 is 2.42 bits per heavy atom. The Labute approximate surface area is 161 Å². The molecule has 0 radical (unpaired) electrons. The van der Waals surface area contributed by atoms with Gasteiger partial charge in [0.05, 0.1) is 0 Å². The fourth-order valence-corrected chi connectivity index (χ4v) is 5.45. The molecule has 2 aliphatic heterocycles. The van der Waals surface area contributed by atoms with Crippen molar-refractivity contribution in [3.05, 3.63) is 11.1 Å². The first-order valence-electron chi connectivity index (χ1n) is 11.1. The quantitative estimate of drug-likeness (QED) is 0.621. The highest BCUT2D eigenvalue weighted by molar-refractivity contribution is 5.76. The Hall–Kier alpha value is -0.830. The molecule has 0 saturated carbocycles. The molecule has 0 aromatic heterocycles. The van der Waals surface area contributed by atoms with Crippen LogP contribution in [0.15, 0.2) is 11.1 Å². The van der Waals surface area contributed by atoms with Crippen LogP contribution in [0.2, 0.25) is 0 Å². The lowest BCUT2D eigenvalue weighted by atomic mass is 9.71. The van der Waals surface area contributed by atoms with Gasteiger partial charge < -0.3 is 9.80 Å². The van der Waals surface area contributed by atoms with Crippen molar-refractivity contribution < 1.29 is 4.79 Å². The molecule has 0 atom stereocenters. The minimum atomic E-state index is 0.409. The van der Waals surface area contributed by atoms with E-state index in [0.29, 0.717) is 11.3 Å². The minimum absolute atomic E-state index is 0.409. The fourth-order valence-electron chi connectivity index (χ4n) is 5.45. The summed E-state index contributed by atoms with van der Waals surface area (Å²) in [5.41, 5.74) is 3.81. The van der Waals surface area contributed by atoms with Crippen LogP contribution in [0.5, 0.6) is 0 Å². The Morgan fingerprint density at radius 1 is 1.08 bits per heavy atom. The number of allylic oxidation sites excluding steroid dienone is 1. The summed E-state index contributed by atoms with van der Waals surface area (Å²) in [6.07, 6.45) is 12.2. The summed E-state index contributed by atoms with van der Waals surface area (Å²) in [7, 11) is 0. The maximum atomic E-state index is 12.2. The molecule has 26 heavy (non-hydrogen) atoms. The van der Waals surface area contributed by atoms with Crippen molar-refractivity contribution in [2.45, 2.75) is 85.0 Å². The normalized spacial score (nSPS) is 25.1. The summed E-state index contributed by atoms with van der Waals surface area (Å²) in [5, 5.41) is 0. The number of hydrogen-bond donors (Lipinski definition) is 0. The summed E-state index contributed by atoms with van der Waals surface area (Å²) in [6, 6.07) is 0. The topological polar surface area (TPSA) is 23.6 Å². The monoisotopic (exact) mass is 360 g/mol. The number of rotatable bonds is 6. The zero-order valence-electron chi connectivity index (χ0n) is 17.5. The molecule has 1 aliphatic carbocycles. The first kappa shape index (κ1) is 19.9. The molecule has 0 unspecified atom stereocenters. The number of hydrogen-bond acceptors (Lipinski definition) is 2. The fraction of sp³-hybridized carbons (Fsp3) is 0.870. The van der Waals surface area contributed by atoms with Crippen LogP contribution in [0.1, 0.15) is 85.0 Å². The summed E-state index contributed by atoms with van der Waals surface area (Å²) in [5.74, 6) is 1.18. The van der Waals surface area contributed by atoms with E-state index in [2.05, 4.69) is 30.6 Å². The average Bonchev–Trinajstić information content (AvgIpc) is 3.14. The highest BCUT2D eigenvalue weighted by Gasteiger charge is 2.29. The molecule has 3 rings (SSSR count). The largest absolute Gasteiger partial charge is 0.343 e. The van der Waals surface area contributed by atoms with Crippen LogP contribution < -0.4 is 0 Å². The van der Waals surface area contributed by atoms with E-state index in [9.17, 15) is 4.79 Å². The average molecular weight is 361 g/mol. The predicted octanol–water partition coefficient (Wildman–Crippen LogP) is 5.02. The van der Waals surface area contributed by atoms with Crippen LogP contribution in [0.3, 0.4) is 0 Å². The molecule has 2 saturated heterocycles. The van der Waals surface area contributed by atoms with E-state index in [1.807, 2.05) is 0 Å². The maximum Gasteiger partial charge on any atom is 0.222 e. The van der Waals surface area contributed by atoms with E-state index >= 15 is 0 Å². The van der Waals surface area contributed by atoms with Crippen LogP contribution >= 0.6 is 0 Å². The van der Waals surface area contributed by atoms with E-state index in [1.165, 1.54) is 71.0 Å². The third kappa shape index (κ3) is 5.12. The van der Waals surface area contributed by atoms with Gasteiger partial charge in [0.2, 0.25) is 5.91 Å². The van der Waals surface area contributed by atoms with Crippen molar-refractivity contribution >= 4 is 5.91 Å². The predicted molar refractivity (Wildman–Crippen MR) is 109 cm³/mol. The summed E-state index contributed by atoms with van der Waals surface area (Å²) < 4.78 is 0. The molecule has 0 spiro atoms. The molecule has 2 fully saturated rings. The Balaban J connectivity index is 1.36. The second kappa shape index (κ2) is 8.91. The van der Waals surface area contributed by atoms with Gasteiger partial charge in [-0.25, -0.2) is 0 Å². The second-order valence-corrected chi connectivity index (χ2v) is 9.66.